The van der Waals surface area contributed by atoms with Crippen molar-refractivity contribution in [1.29, 1.82) is 0 Å². The van der Waals surface area contributed by atoms with Crippen LogP contribution in [0, 0.1) is 0 Å². The summed E-state index contributed by atoms with van der Waals surface area (Å²) in [6.07, 6.45) is 0. The van der Waals surface area contributed by atoms with Gasteiger partial charge < -0.3 is 5.32 Å². The van der Waals surface area contributed by atoms with Crippen LogP contribution in [0.25, 0.3) is 5.69 Å². The molecule has 26 heavy (non-hydrogen) atoms. The fourth-order valence-corrected chi connectivity index (χ4v) is 3.37. The molecule has 1 heterocycles. The van der Waals surface area contributed by atoms with Gasteiger partial charge in [0, 0.05) is 4.90 Å². The summed E-state index contributed by atoms with van der Waals surface area (Å²) in [6, 6.07) is 15.7. The number of thioether (sulfide) groups is 2. The molecule has 0 fully saturated rings. The van der Waals surface area contributed by atoms with Crippen molar-refractivity contribution in [2.24, 2.45) is 0 Å². The molecule has 1 N–H and O–H groups in total. The van der Waals surface area contributed by atoms with E-state index < -0.39 is 5.76 Å². The Morgan fingerprint density at radius 3 is 2.62 bits per heavy atom. The molecule has 3 rings (SSSR count). The number of carbonyl (C=O) groups excluding carboxylic acids is 1. The molecule has 0 atom stereocenters. The van der Waals surface area contributed by atoms with E-state index in [0.29, 0.717) is 27.5 Å². The van der Waals surface area contributed by atoms with Gasteiger partial charge in [-0.15, -0.1) is 5.10 Å². The molecule has 0 aliphatic carbocycles. The summed E-state index contributed by atoms with van der Waals surface area (Å²) in [4.78, 5) is 12.5. The smallest absolute Gasteiger partial charge is 0.288 e. The van der Waals surface area contributed by atoms with Gasteiger partial charge in [0.1, 0.15) is 0 Å². The minimum atomic E-state index is -2.56. The highest BCUT2D eigenvalue weighted by atomic mass is 32.2. The van der Waals surface area contributed by atoms with Gasteiger partial charge in [-0.3, -0.25) is 4.79 Å². The lowest BCUT2D eigenvalue weighted by Crippen LogP contribution is -2.15. The first-order chi connectivity index (χ1) is 12.6. The maximum atomic E-state index is 12.6. The number of hydrogen-bond donors (Lipinski definition) is 1. The van der Waals surface area contributed by atoms with Gasteiger partial charge in [0.25, 0.3) is 5.76 Å². The summed E-state index contributed by atoms with van der Waals surface area (Å²) in [6.45, 7) is 0. The van der Waals surface area contributed by atoms with E-state index >= 15 is 0 Å². The van der Waals surface area contributed by atoms with Crippen LogP contribution in [0.2, 0.25) is 0 Å². The Labute approximate surface area is 156 Å². The number of para-hydroxylation sites is 2. The number of alkyl halides is 2. The normalized spacial score (nSPS) is 10.9. The largest absolute Gasteiger partial charge is 0.324 e. The Morgan fingerprint density at radius 1 is 1.12 bits per heavy atom. The van der Waals surface area contributed by atoms with E-state index in [4.69, 9.17) is 0 Å². The van der Waals surface area contributed by atoms with E-state index in [0.717, 1.165) is 17.4 Å². The van der Waals surface area contributed by atoms with Gasteiger partial charge >= 0.3 is 0 Å². The molecule has 0 saturated carbocycles. The lowest BCUT2D eigenvalue weighted by molar-refractivity contribution is -0.113. The van der Waals surface area contributed by atoms with Crippen LogP contribution in [0.15, 0.2) is 64.6 Å². The maximum absolute atomic E-state index is 12.6. The minimum Gasteiger partial charge on any atom is -0.324 e. The molecule has 1 aromatic heterocycles. The van der Waals surface area contributed by atoms with E-state index in [9.17, 15) is 13.6 Å². The number of tetrazole rings is 1. The average molecular weight is 393 g/mol. The number of hydrogen-bond acceptors (Lipinski definition) is 6. The van der Waals surface area contributed by atoms with Crippen molar-refractivity contribution < 1.29 is 13.6 Å². The average Bonchev–Trinajstić information content (AvgIpc) is 3.10. The number of nitrogens with one attached hydrogen (secondary N) is 1. The SMILES string of the molecule is O=C(CSc1nnnn1-c1ccccc1)Nc1ccccc1SC(F)F. The number of aromatic nitrogens is 4. The Bertz CT molecular complexity index is 876. The molecule has 0 aliphatic heterocycles. The van der Waals surface area contributed by atoms with E-state index in [2.05, 4.69) is 20.8 Å². The highest BCUT2D eigenvalue weighted by molar-refractivity contribution is 8.00. The molecule has 6 nitrogen and oxygen atoms in total. The van der Waals surface area contributed by atoms with Crippen molar-refractivity contribution in [2.75, 3.05) is 11.1 Å². The predicted octanol–water partition coefficient (Wildman–Crippen LogP) is 3.71. The molecule has 10 heteroatoms. The third kappa shape index (κ3) is 4.79. The number of anilines is 1. The van der Waals surface area contributed by atoms with Crippen LogP contribution in [0.4, 0.5) is 14.5 Å². The molecular weight excluding hydrogens is 380 g/mol. The molecule has 0 bridgehead atoms. The zero-order chi connectivity index (χ0) is 18.4. The van der Waals surface area contributed by atoms with Crippen LogP contribution in [0.5, 0.6) is 0 Å². The van der Waals surface area contributed by atoms with Crippen molar-refractivity contribution in [3.8, 4) is 5.69 Å². The van der Waals surface area contributed by atoms with Gasteiger partial charge in [-0.2, -0.15) is 13.5 Å². The molecule has 2 aromatic carbocycles. The van der Waals surface area contributed by atoms with Crippen molar-refractivity contribution in [2.45, 2.75) is 15.8 Å². The van der Waals surface area contributed by atoms with Gasteiger partial charge in [-0.05, 0) is 34.7 Å². The standard InChI is InChI=1S/C16H13F2N5OS2/c17-15(18)26-13-9-5-4-8-12(13)19-14(24)10-25-16-20-21-22-23(16)11-6-2-1-3-7-11/h1-9,15H,10H2,(H,19,24). The Balaban J connectivity index is 1.64. The molecule has 0 unspecified atom stereocenters. The zero-order valence-electron chi connectivity index (χ0n) is 13.3. The lowest BCUT2D eigenvalue weighted by atomic mass is 10.3. The van der Waals surface area contributed by atoms with Crippen molar-refractivity contribution >= 4 is 35.1 Å². The van der Waals surface area contributed by atoms with Gasteiger partial charge in [0.15, 0.2) is 0 Å². The third-order valence-corrected chi connectivity index (χ3v) is 4.86. The molecule has 134 valence electrons. The van der Waals surface area contributed by atoms with Crippen LogP contribution in [0.1, 0.15) is 0 Å². The fraction of sp³-hybridized carbons (Fsp3) is 0.125. The summed E-state index contributed by atoms with van der Waals surface area (Å²) in [5.74, 6) is -2.85. The molecule has 0 spiro atoms. The fourth-order valence-electron chi connectivity index (χ4n) is 2.09. The van der Waals surface area contributed by atoms with E-state index in [1.165, 1.54) is 10.7 Å². The molecular formula is C16H13F2N5OS2. The van der Waals surface area contributed by atoms with Gasteiger partial charge in [0.2, 0.25) is 11.1 Å². The van der Waals surface area contributed by atoms with E-state index in [1.54, 1.807) is 18.2 Å². The van der Waals surface area contributed by atoms with Gasteiger partial charge in [-0.25, -0.2) is 0 Å². The first-order valence-corrected chi connectivity index (χ1v) is 9.30. The second kappa shape index (κ2) is 8.77. The topological polar surface area (TPSA) is 72.7 Å². The Hall–Kier alpha value is -2.46. The Kier molecular flexibility index (Phi) is 6.18. The van der Waals surface area contributed by atoms with Crippen molar-refractivity contribution in [1.82, 2.24) is 20.2 Å². The third-order valence-electron chi connectivity index (χ3n) is 3.15. The number of amides is 1. The number of halogens is 2. The highest BCUT2D eigenvalue weighted by Gasteiger charge is 2.14. The summed E-state index contributed by atoms with van der Waals surface area (Å²) < 4.78 is 26.7. The quantitative estimate of drug-likeness (QED) is 0.617. The van der Waals surface area contributed by atoms with Gasteiger partial charge in [0.05, 0.1) is 17.1 Å². The van der Waals surface area contributed by atoms with E-state index in [-0.39, 0.29) is 11.7 Å². The molecule has 0 radical (unpaired) electrons. The first kappa shape index (κ1) is 18.3. The van der Waals surface area contributed by atoms with Crippen LogP contribution in [-0.2, 0) is 4.79 Å². The number of benzene rings is 2. The second-order valence-electron chi connectivity index (χ2n) is 4.92. The van der Waals surface area contributed by atoms with Gasteiger partial charge in [-0.1, -0.05) is 53.9 Å². The molecule has 0 saturated heterocycles. The second-order valence-corrected chi connectivity index (χ2v) is 6.89. The summed E-state index contributed by atoms with van der Waals surface area (Å²) >= 11 is 1.55. The van der Waals surface area contributed by atoms with Crippen molar-refractivity contribution in [3.63, 3.8) is 0 Å². The number of rotatable bonds is 7. The Morgan fingerprint density at radius 2 is 1.85 bits per heavy atom. The molecule has 0 aliphatic rings. The van der Waals surface area contributed by atoms with Crippen molar-refractivity contribution in [3.05, 3.63) is 54.6 Å². The summed E-state index contributed by atoms with van der Waals surface area (Å²) in [7, 11) is 0. The van der Waals surface area contributed by atoms with Crippen LogP contribution >= 0.6 is 23.5 Å². The zero-order valence-corrected chi connectivity index (χ0v) is 14.9. The van der Waals surface area contributed by atoms with E-state index in [1.807, 2.05) is 30.3 Å². The monoisotopic (exact) mass is 393 g/mol. The minimum absolute atomic E-state index is 0.0425. The number of nitrogens with zero attached hydrogens (tertiary/aromatic N) is 4. The van der Waals surface area contributed by atoms with Crippen LogP contribution < -0.4 is 5.32 Å². The maximum Gasteiger partial charge on any atom is 0.288 e. The highest BCUT2D eigenvalue weighted by Crippen LogP contribution is 2.31. The summed E-state index contributed by atoms with van der Waals surface area (Å²) in [5, 5.41) is 14.6. The first-order valence-electron chi connectivity index (χ1n) is 7.44. The number of carbonyl (C=O) groups is 1. The molecule has 3 aromatic rings. The summed E-state index contributed by atoms with van der Waals surface area (Å²) in [5.41, 5.74) is 1.13. The van der Waals surface area contributed by atoms with Crippen LogP contribution in [-0.4, -0.2) is 37.6 Å². The predicted molar refractivity (Wildman–Crippen MR) is 96.8 cm³/mol. The molecule has 1 amide bonds. The van der Waals surface area contributed by atoms with Crippen LogP contribution in [0.3, 0.4) is 0 Å². The lowest BCUT2D eigenvalue weighted by Gasteiger charge is -2.10.